The van der Waals surface area contributed by atoms with E-state index in [1.807, 2.05) is 18.2 Å². The number of likely N-dealkylation sites (tertiary alicyclic amines) is 1. The second-order valence-electron chi connectivity index (χ2n) is 5.49. The van der Waals surface area contributed by atoms with Gasteiger partial charge in [-0.2, -0.15) is 0 Å². The van der Waals surface area contributed by atoms with Crippen LogP contribution in [0.15, 0.2) is 24.3 Å². The minimum absolute atomic E-state index is 0.150. The molecule has 0 spiro atoms. The van der Waals surface area contributed by atoms with Crippen molar-refractivity contribution in [3.63, 3.8) is 0 Å². The predicted octanol–water partition coefficient (Wildman–Crippen LogP) is 2.14. The summed E-state index contributed by atoms with van der Waals surface area (Å²) in [5.41, 5.74) is 1.19. The average Bonchev–Trinajstić information content (AvgIpc) is 2.50. The van der Waals surface area contributed by atoms with Crippen LogP contribution in [0.1, 0.15) is 18.4 Å². The van der Waals surface area contributed by atoms with Crippen LogP contribution < -0.4 is 10.1 Å². The van der Waals surface area contributed by atoms with Gasteiger partial charge in [0.25, 0.3) is 0 Å². The van der Waals surface area contributed by atoms with Crippen molar-refractivity contribution in [2.45, 2.75) is 24.6 Å². The number of rotatable bonds is 6. The van der Waals surface area contributed by atoms with Gasteiger partial charge in [0.1, 0.15) is 5.75 Å². The summed E-state index contributed by atoms with van der Waals surface area (Å²) in [6.07, 6.45) is 2.12. The number of nitrogens with one attached hydrogen (secondary N) is 1. The lowest BCUT2D eigenvalue weighted by Gasteiger charge is -2.29. The summed E-state index contributed by atoms with van der Waals surface area (Å²) in [4.78, 5) is 14.2. The molecule has 0 aromatic heterocycles. The van der Waals surface area contributed by atoms with Gasteiger partial charge in [0, 0.05) is 11.8 Å². The summed E-state index contributed by atoms with van der Waals surface area (Å²) in [5, 5.41) is 3.14. The number of piperidine rings is 1. The number of thioether (sulfide) groups is 1. The van der Waals surface area contributed by atoms with E-state index in [1.54, 1.807) is 18.9 Å². The van der Waals surface area contributed by atoms with Crippen LogP contribution in [0.5, 0.6) is 5.75 Å². The van der Waals surface area contributed by atoms with E-state index >= 15 is 0 Å². The molecule has 4 nitrogen and oxygen atoms in total. The van der Waals surface area contributed by atoms with Gasteiger partial charge in [0.05, 0.1) is 12.9 Å². The Bertz CT molecular complexity index is 459. The number of hydrogen-bond acceptors (Lipinski definition) is 4. The van der Waals surface area contributed by atoms with Crippen LogP contribution in [0.4, 0.5) is 0 Å². The van der Waals surface area contributed by atoms with E-state index in [2.05, 4.69) is 23.3 Å². The molecule has 5 heteroatoms. The second kappa shape index (κ2) is 8.29. The third-order valence-electron chi connectivity index (χ3n) is 3.72. The molecule has 2 rings (SSSR count). The fourth-order valence-electron chi connectivity index (χ4n) is 2.45. The highest BCUT2D eigenvalue weighted by Crippen LogP contribution is 2.18. The molecule has 1 aliphatic heterocycles. The summed E-state index contributed by atoms with van der Waals surface area (Å²) in [6.45, 7) is 2.14. The van der Waals surface area contributed by atoms with E-state index in [0.717, 1.165) is 37.4 Å². The van der Waals surface area contributed by atoms with Crippen molar-refractivity contribution in [2.24, 2.45) is 0 Å². The van der Waals surface area contributed by atoms with Crippen molar-refractivity contribution in [1.82, 2.24) is 10.2 Å². The Morgan fingerprint density at radius 2 is 2.19 bits per heavy atom. The Morgan fingerprint density at radius 1 is 1.43 bits per heavy atom. The Morgan fingerprint density at radius 3 is 2.90 bits per heavy atom. The number of carbonyl (C=O) groups is 1. The highest BCUT2D eigenvalue weighted by Gasteiger charge is 2.18. The van der Waals surface area contributed by atoms with Crippen molar-refractivity contribution < 1.29 is 9.53 Å². The van der Waals surface area contributed by atoms with E-state index in [4.69, 9.17) is 4.74 Å². The van der Waals surface area contributed by atoms with Crippen LogP contribution in [0, 0.1) is 0 Å². The molecule has 1 aromatic carbocycles. The van der Waals surface area contributed by atoms with Gasteiger partial charge in [0.15, 0.2) is 0 Å². The fourth-order valence-corrected chi connectivity index (χ4v) is 3.23. The number of methoxy groups -OCH3 is 1. The number of hydrogen-bond donors (Lipinski definition) is 1. The molecule has 0 bridgehead atoms. The maximum atomic E-state index is 11.9. The fraction of sp³-hybridized carbons (Fsp3) is 0.562. The molecule has 1 N–H and O–H groups in total. The zero-order chi connectivity index (χ0) is 15.1. The van der Waals surface area contributed by atoms with E-state index in [-0.39, 0.29) is 5.91 Å². The van der Waals surface area contributed by atoms with Crippen LogP contribution in [0.25, 0.3) is 0 Å². The largest absolute Gasteiger partial charge is 0.497 e. The first-order valence-corrected chi connectivity index (χ1v) is 8.51. The van der Waals surface area contributed by atoms with Gasteiger partial charge in [-0.25, -0.2) is 0 Å². The van der Waals surface area contributed by atoms with Crippen molar-refractivity contribution in [1.29, 1.82) is 0 Å². The second-order valence-corrected chi connectivity index (χ2v) is 6.47. The molecule has 1 heterocycles. The molecule has 1 aliphatic rings. The molecule has 0 saturated carbocycles. The quantitative estimate of drug-likeness (QED) is 0.874. The topological polar surface area (TPSA) is 41.6 Å². The van der Waals surface area contributed by atoms with Gasteiger partial charge in [-0.1, -0.05) is 12.1 Å². The molecule has 116 valence electrons. The van der Waals surface area contributed by atoms with Crippen LogP contribution in [-0.2, 0) is 10.5 Å². The average molecular weight is 308 g/mol. The number of benzene rings is 1. The summed E-state index contributed by atoms with van der Waals surface area (Å²) in [7, 11) is 3.79. The zero-order valence-corrected chi connectivity index (χ0v) is 13.6. The van der Waals surface area contributed by atoms with E-state index < -0.39 is 0 Å². The Labute approximate surface area is 131 Å². The smallest absolute Gasteiger partial charge is 0.230 e. The van der Waals surface area contributed by atoms with Crippen LogP contribution in [0.3, 0.4) is 0 Å². The Kier molecular flexibility index (Phi) is 6.39. The summed E-state index contributed by atoms with van der Waals surface area (Å²) >= 11 is 1.64. The first kappa shape index (κ1) is 16.2. The van der Waals surface area contributed by atoms with Crippen molar-refractivity contribution in [3.05, 3.63) is 29.8 Å². The molecule has 0 atom stereocenters. The summed E-state index contributed by atoms with van der Waals surface area (Å²) in [6, 6.07) is 8.34. The zero-order valence-electron chi connectivity index (χ0n) is 12.8. The van der Waals surface area contributed by atoms with Crippen LogP contribution >= 0.6 is 11.8 Å². The Hall–Kier alpha value is -1.20. The maximum absolute atomic E-state index is 11.9. The van der Waals surface area contributed by atoms with Gasteiger partial charge in [-0.15, -0.1) is 11.8 Å². The van der Waals surface area contributed by atoms with E-state index in [9.17, 15) is 4.79 Å². The molecule has 0 radical (unpaired) electrons. The summed E-state index contributed by atoms with van der Waals surface area (Å²) in [5.74, 6) is 2.36. The molecule has 1 amide bonds. The van der Waals surface area contributed by atoms with Gasteiger partial charge in [-0.05, 0) is 50.7 Å². The van der Waals surface area contributed by atoms with Crippen molar-refractivity contribution in [2.75, 3.05) is 33.0 Å². The minimum atomic E-state index is 0.150. The molecular formula is C16H24N2O2S. The molecule has 21 heavy (non-hydrogen) atoms. The number of carbonyl (C=O) groups excluding carboxylic acids is 1. The van der Waals surface area contributed by atoms with Gasteiger partial charge in [0.2, 0.25) is 5.91 Å². The lowest BCUT2D eigenvalue weighted by Crippen LogP contribution is -2.43. The van der Waals surface area contributed by atoms with Crippen molar-refractivity contribution >= 4 is 17.7 Å². The number of amides is 1. The molecule has 0 unspecified atom stereocenters. The first-order chi connectivity index (χ1) is 10.2. The predicted molar refractivity (Wildman–Crippen MR) is 87.8 cm³/mol. The SMILES string of the molecule is COc1cccc(CSCC(=O)NC2CCN(C)CC2)c1. The van der Waals surface area contributed by atoms with Gasteiger partial charge in [-0.3, -0.25) is 4.79 Å². The monoisotopic (exact) mass is 308 g/mol. The summed E-state index contributed by atoms with van der Waals surface area (Å²) < 4.78 is 5.20. The van der Waals surface area contributed by atoms with E-state index in [0.29, 0.717) is 11.8 Å². The standard InChI is InChI=1S/C16H24N2O2S/c1-18-8-6-14(7-9-18)17-16(19)12-21-11-13-4-3-5-15(10-13)20-2/h3-5,10,14H,6-9,11-12H2,1-2H3,(H,17,19). The molecule has 1 fully saturated rings. The molecule has 0 aliphatic carbocycles. The highest BCUT2D eigenvalue weighted by molar-refractivity contribution is 7.99. The van der Waals surface area contributed by atoms with Crippen LogP contribution in [-0.4, -0.2) is 49.8 Å². The minimum Gasteiger partial charge on any atom is -0.497 e. The third kappa shape index (κ3) is 5.59. The number of nitrogens with zero attached hydrogens (tertiary/aromatic N) is 1. The van der Waals surface area contributed by atoms with E-state index in [1.165, 1.54) is 5.56 Å². The normalized spacial score (nSPS) is 16.7. The highest BCUT2D eigenvalue weighted by atomic mass is 32.2. The van der Waals surface area contributed by atoms with Crippen molar-refractivity contribution in [3.8, 4) is 5.75 Å². The first-order valence-electron chi connectivity index (χ1n) is 7.36. The molecule has 1 saturated heterocycles. The maximum Gasteiger partial charge on any atom is 0.230 e. The molecule has 1 aromatic rings. The lowest BCUT2D eigenvalue weighted by molar-refractivity contribution is -0.119. The number of ether oxygens (including phenoxy) is 1. The lowest BCUT2D eigenvalue weighted by atomic mass is 10.1. The van der Waals surface area contributed by atoms with Gasteiger partial charge < -0.3 is 15.0 Å². The molecular weight excluding hydrogens is 284 g/mol. The Balaban J connectivity index is 1.67. The van der Waals surface area contributed by atoms with Gasteiger partial charge >= 0.3 is 0 Å². The third-order valence-corrected chi connectivity index (χ3v) is 4.72. The van der Waals surface area contributed by atoms with Crippen LogP contribution in [0.2, 0.25) is 0 Å².